The number of rotatable bonds is 5. The number of aliphatic hydroxyl groups is 1. The monoisotopic (exact) mass is 251 g/mol. The van der Waals surface area contributed by atoms with E-state index in [0.29, 0.717) is 12.0 Å². The van der Waals surface area contributed by atoms with E-state index in [2.05, 4.69) is 15.0 Å². The summed E-state index contributed by atoms with van der Waals surface area (Å²) in [6.07, 6.45) is 5.36. The highest BCUT2D eigenvalue weighted by molar-refractivity contribution is 5.03. The lowest BCUT2D eigenvalue weighted by atomic mass is 10.1. The van der Waals surface area contributed by atoms with Gasteiger partial charge in [0.25, 0.3) is 0 Å². The Balaban J connectivity index is 1.59. The van der Waals surface area contributed by atoms with Gasteiger partial charge in [-0.2, -0.15) is 4.98 Å². The Morgan fingerprint density at radius 3 is 3.00 bits per heavy atom. The average molecular weight is 251 g/mol. The molecule has 3 rings (SSSR count). The Morgan fingerprint density at radius 2 is 2.28 bits per heavy atom. The maximum Gasteiger partial charge on any atom is 0.240 e. The van der Waals surface area contributed by atoms with Crippen LogP contribution in [0.1, 0.15) is 56.7 Å². The molecule has 18 heavy (non-hydrogen) atoms. The van der Waals surface area contributed by atoms with Crippen molar-refractivity contribution < 1.29 is 9.63 Å². The second kappa shape index (κ2) is 4.97. The van der Waals surface area contributed by atoms with Crippen molar-refractivity contribution in [3.05, 3.63) is 11.7 Å². The predicted octanol–water partition coefficient (Wildman–Crippen LogP) is 1.68. The lowest BCUT2D eigenvalue weighted by molar-refractivity contribution is 0.124. The summed E-state index contributed by atoms with van der Waals surface area (Å²) < 4.78 is 5.32. The normalized spacial score (nSPS) is 26.7. The van der Waals surface area contributed by atoms with Gasteiger partial charge < -0.3 is 9.63 Å². The molecule has 1 aliphatic carbocycles. The first-order valence-electron chi connectivity index (χ1n) is 6.97. The van der Waals surface area contributed by atoms with Gasteiger partial charge in [-0.15, -0.1) is 0 Å². The molecule has 1 aliphatic heterocycles. The van der Waals surface area contributed by atoms with Crippen molar-refractivity contribution in [3.63, 3.8) is 0 Å². The van der Waals surface area contributed by atoms with E-state index in [0.717, 1.165) is 37.6 Å². The summed E-state index contributed by atoms with van der Waals surface area (Å²) in [5.74, 6) is 2.17. The zero-order valence-electron chi connectivity index (χ0n) is 10.9. The Morgan fingerprint density at radius 1 is 1.44 bits per heavy atom. The van der Waals surface area contributed by atoms with Crippen LogP contribution in [0.15, 0.2) is 4.52 Å². The number of aromatic nitrogens is 2. The fraction of sp³-hybridized carbons (Fsp3) is 0.846. The summed E-state index contributed by atoms with van der Waals surface area (Å²) in [4.78, 5) is 6.83. The van der Waals surface area contributed by atoms with Crippen LogP contribution in [0.25, 0.3) is 0 Å². The van der Waals surface area contributed by atoms with Crippen molar-refractivity contribution in [1.29, 1.82) is 0 Å². The number of likely N-dealkylation sites (tertiary alicyclic amines) is 1. The Bertz CT molecular complexity index is 401. The average Bonchev–Trinajstić information content (AvgIpc) is 2.93. The molecule has 2 fully saturated rings. The maximum absolute atomic E-state index is 9.50. The van der Waals surface area contributed by atoms with Crippen molar-refractivity contribution in [3.8, 4) is 0 Å². The standard InChI is InChI=1S/C13H21N3O2/c1-9(17)7-11-3-2-6-16(11)8-12-14-13(15-18-12)10-4-5-10/h9-11,17H,2-8H2,1H3. The molecular weight excluding hydrogens is 230 g/mol. The molecule has 2 unspecified atom stereocenters. The molecule has 1 aromatic rings. The van der Waals surface area contributed by atoms with Crippen LogP contribution in [0.4, 0.5) is 0 Å². The molecule has 1 saturated carbocycles. The van der Waals surface area contributed by atoms with Crippen molar-refractivity contribution >= 4 is 0 Å². The van der Waals surface area contributed by atoms with E-state index in [-0.39, 0.29) is 6.10 Å². The highest BCUT2D eigenvalue weighted by Gasteiger charge is 2.30. The van der Waals surface area contributed by atoms with E-state index in [1.165, 1.54) is 19.3 Å². The van der Waals surface area contributed by atoms with Crippen LogP contribution in [0.2, 0.25) is 0 Å². The third kappa shape index (κ3) is 2.72. The molecule has 2 atom stereocenters. The summed E-state index contributed by atoms with van der Waals surface area (Å²) in [5, 5.41) is 13.5. The van der Waals surface area contributed by atoms with Crippen LogP contribution in [-0.4, -0.2) is 38.8 Å². The molecule has 100 valence electrons. The van der Waals surface area contributed by atoms with Crippen LogP contribution in [0, 0.1) is 0 Å². The number of nitrogens with zero attached hydrogens (tertiary/aromatic N) is 3. The summed E-state index contributed by atoms with van der Waals surface area (Å²) in [5.41, 5.74) is 0. The van der Waals surface area contributed by atoms with Crippen molar-refractivity contribution in [1.82, 2.24) is 15.0 Å². The maximum atomic E-state index is 9.50. The van der Waals surface area contributed by atoms with Crippen molar-refractivity contribution in [2.75, 3.05) is 6.54 Å². The largest absolute Gasteiger partial charge is 0.393 e. The van der Waals surface area contributed by atoms with E-state index >= 15 is 0 Å². The molecular formula is C13H21N3O2. The zero-order valence-corrected chi connectivity index (χ0v) is 10.9. The van der Waals surface area contributed by atoms with Gasteiger partial charge in [0.2, 0.25) is 5.89 Å². The van der Waals surface area contributed by atoms with E-state index < -0.39 is 0 Å². The number of hydrogen-bond acceptors (Lipinski definition) is 5. The number of hydrogen-bond donors (Lipinski definition) is 1. The fourth-order valence-corrected chi connectivity index (χ4v) is 2.78. The molecule has 0 bridgehead atoms. The molecule has 0 radical (unpaired) electrons. The number of aliphatic hydroxyl groups excluding tert-OH is 1. The molecule has 2 aliphatic rings. The molecule has 1 saturated heterocycles. The Hall–Kier alpha value is -0.940. The van der Waals surface area contributed by atoms with E-state index in [4.69, 9.17) is 4.52 Å². The van der Waals surface area contributed by atoms with Crippen LogP contribution in [0.3, 0.4) is 0 Å². The fourth-order valence-electron chi connectivity index (χ4n) is 2.78. The first kappa shape index (κ1) is 12.1. The topological polar surface area (TPSA) is 62.4 Å². The molecule has 0 amide bonds. The van der Waals surface area contributed by atoms with Crippen LogP contribution in [-0.2, 0) is 6.54 Å². The van der Waals surface area contributed by atoms with Gasteiger partial charge in [-0.1, -0.05) is 5.16 Å². The highest BCUT2D eigenvalue weighted by atomic mass is 16.5. The Labute approximate surface area is 107 Å². The first-order valence-corrected chi connectivity index (χ1v) is 6.97. The molecule has 5 nitrogen and oxygen atoms in total. The summed E-state index contributed by atoms with van der Waals surface area (Å²) in [7, 11) is 0. The second-order valence-corrected chi connectivity index (χ2v) is 5.67. The quantitative estimate of drug-likeness (QED) is 0.862. The van der Waals surface area contributed by atoms with E-state index in [1.807, 2.05) is 6.92 Å². The van der Waals surface area contributed by atoms with Crippen LogP contribution in [0.5, 0.6) is 0 Å². The van der Waals surface area contributed by atoms with Crippen LogP contribution < -0.4 is 0 Å². The predicted molar refractivity (Wildman–Crippen MR) is 66.0 cm³/mol. The molecule has 2 heterocycles. The van der Waals surface area contributed by atoms with Gasteiger partial charge in [-0.25, -0.2) is 0 Å². The molecule has 1 aromatic heterocycles. The second-order valence-electron chi connectivity index (χ2n) is 5.67. The molecule has 0 aromatic carbocycles. The smallest absolute Gasteiger partial charge is 0.240 e. The minimum absolute atomic E-state index is 0.236. The van der Waals surface area contributed by atoms with Gasteiger partial charge in [0, 0.05) is 12.0 Å². The zero-order chi connectivity index (χ0) is 12.5. The third-order valence-electron chi connectivity index (χ3n) is 3.88. The molecule has 5 heteroatoms. The van der Waals surface area contributed by atoms with E-state index in [1.54, 1.807) is 0 Å². The first-order chi connectivity index (χ1) is 8.72. The molecule has 1 N–H and O–H groups in total. The van der Waals surface area contributed by atoms with Crippen molar-refractivity contribution in [2.24, 2.45) is 0 Å². The van der Waals surface area contributed by atoms with Gasteiger partial charge in [0.15, 0.2) is 5.82 Å². The lowest BCUT2D eigenvalue weighted by Crippen LogP contribution is -2.31. The molecule has 0 spiro atoms. The third-order valence-corrected chi connectivity index (χ3v) is 3.88. The Kier molecular flexibility index (Phi) is 3.35. The van der Waals surface area contributed by atoms with Gasteiger partial charge >= 0.3 is 0 Å². The highest BCUT2D eigenvalue weighted by Crippen LogP contribution is 2.38. The minimum atomic E-state index is -0.236. The van der Waals surface area contributed by atoms with Gasteiger partial charge in [-0.05, 0) is 45.6 Å². The van der Waals surface area contributed by atoms with Gasteiger partial charge in [-0.3, -0.25) is 4.90 Å². The lowest BCUT2D eigenvalue weighted by Gasteiger charge is -2.23. The summed E-state index contributed by atoms with van der Waals surface area (Å²) >= 11 is 0. The van der Waals surface area contributed by atoms with Gasteiger partial charge in [0.05, 0.1) is 12.6 Å². The SMILES string of the molecule is CC(O)CC1CCCN1Cc1nc(C2CC2)no1. The summed E-state index contributed by atoms with van der Waals surface area (Å²) in [6, 6.07) is 0.460. The van der Waals surface area contributed by atoms with Crippen LogP contribution >= 0.6 is 0 Å². The van der Waals surface area contributed by atoms with Crippen molar-refractivity contribution in [2.45, 2.75) is 63.6 Å². The van der Waals surface area contributed by atoms with E-state index in [9.17, 15) is 5.11 Å². The summed E-state index contributed by atoms with van der Waals surface area (Å²) in [6.45, 7) is 3.66. The minimum Gasteiger partial charge on any atom is -0.393 e. The van der Waals surface area contributed by atoms with Gasteiger partial charge in [0.1, 0.15) is 0 Å².